The van der Waals surface area contributed by atoms with Crippen LogP contribution in [0.3, 0.4) is 0 Å². The number of nitrogens with zero attached hydrogens (tertiary/aromatic N) is 2. The van der Waals surface area contributed by atoms with Gasteiger partial charge in [0.1, 0.15) is 15.7 Å². The maximum absolute atomic E-state index is 12.9. The molecular formula is C14H16FN3O3S. The monoisotopic (exact) mass is 325 g/mol. The van der Waals surface area contributed by atoms with Crippen molar-refractivity contribution in [3.05, 3.63) is 41.8 Å². The van der Waals surface area contributed by atoms with E-state index in [0.717, 1.165) is 11.8 Å². The van der Waals surface area contributed by atoms with E-state index >= 15 is 0 Å². The number of carbonyl (C=O) groups is 1. The molecule has 0 bridgehead atoms. The highest BCUT2D eigenvalue weighted by Crippen LogP contribution is 2.20. The van der Waals surface area contributed by atoms with E-state index in [2.05, 4.69) is 10.4 Å². The summed E-state index contributed by atoms with van der Waals surface area (Å²) in [6, 6.07) is 7.42. The second-order valence-corrected chi connectivity index (χ2v) is 7.19. The molecule has 6 nitrogen and oxygen atoms in total. The van der Waals surface area contributed by atoms with Crippen molar-refractivity contribution >= 4 is 15.7 Å². The van der Waals surface area contributed by atoms with Crippen LogP contribution < -0.4 is 5.32 Å². The van der Waals surface area contributed by atoms with Gasteiger partial charge in [-0.05, 0) is 35.9 Å². The quantitative estimate of drug-likeness (QED) is 0.889. The Morgan fingerprint density at radius 1 is 1.32 bits per heavy atom. The van der Waals surface area contributed by atoms with Gasteiger partial charge in [-0.25, -0.2) is 12.8 Å². The summed E-state index contributed by atoms with van der Waals surface area (Å²) in [5.74, 6) is -0.923. The SMILES string of the molecule is Cn1nc(C(=O)NCCS(C)(=O)=O)cc1-c1ccc(F)cc1. The normalized spacial score (nSPS) is 11.4. The molecule has 22 heavy (non-hydrogen) atoms. The van der Waals surface area contributed by atoms with Gasteiger partial charge in [-0.3, -0.25) is 9.48 Å². The Morgan fingerprint density at radius 2 is 1.95 bits per heavy atom. The molecule has 0 saturated carbocycles. The van der Waals surface area contributed by atoms with Gasteiger partial charge in [0.15, 0.2) is 5.69 Å². The van der Waals surface area contributed by atoms with Crippen molar-refractivity contribution in [2.45, 2.75) is 0 Å². The van der Waals surface area contributed by atoms with E-state index in [1.165, 1.54) is 16.8 Å². The van der Waals surface area contributed by atoms with Crippen LogP contribution in [0.2, 0.25) is 0 Å². The minimum absolute atomic E-state index is 0.0279. The van der Waals surface area contributed by atoms with Gasteiger partial charge < -0.3 is 5.32 Å². The predicted molar refractivity (Wildman–Crippen MR) is 80.6 cm³/mol. The molecule has 8 heteroatoms. The standard InChI is InChI=1S/C14H16FN3O3S/c1-18-13(10-3-5-11(15)6-4-10)9-12(17-18)14(19)16-7-8-22(2,20)21/h3-6,9H,7-8H2,1-2H3,(H,16,19). The summed E-state index contributed by atoms with van der Waals surface area (Å²) >= 11 is 0. The lowest BCUT2D eigenvalue weighted by atomic mass is 10.1. The number of benzene rings is 1. The van der Waals surface area contributed by atoms with Gasteiger partial charge in [0.05, 0.1) is 11.4 Å². The van der Waals surface area contributed by atoms with Gasteiger partial charge in [0.25, 0.3) is 5.91 Å². The van der Waals surface area contributed by atoms with E-state index in [4.69, 9.17) is 0 Å². The van der Waals surface area contributed by atoms with Gasteiger partial charge in [-0.1, -0.05) is 0 Å². The fourth-order valence-corrected chi connectivity index (χ4v) is 2.38. The molecule has 1 aromatic carbocycles. The maximum Gasteiger partial charge on any atom is 0.271 e. The van der Waals surface area contributed by atoms with Crippen LogP contribution in [-0.2, 0) is 16.9 Å². The lowest BCUT2D eigenvalue weighted by Gasteiger charge is -2.01. The zero-order chi connectivity index (χ0) is 16.3. The Hall–Kier alpha value is -2.22. The molecule has 0 saturated heterocycles. The van der Waals surface area contributed by atoms with Crippen molar-refractivity contribution in [3.8, 4) is 11.3 Å². The first-order valence-corrected chi connectivity index (χ1v) is 8.58. The fraction of sp³-hybridized carbons (Fsp3) is 0.286. The average Bonchev–Trinajstić information content (AvgIpc) is 2.80. The molecule has 0 atom stereocenters. The highest BCUT2D eigenvalue weighted by molar-refractivity contribution is 7.90. The van der Waals surface area contributed by atoms with Gasteiger partial charge in [0.2, 0.25) is 0 Å². The van der Waals surface area contributed by atoms with Crippen LogP contribution in [0, 0.1) is 5.82 Å². The smallest absolute Gasteiger partial charge is 0.271 e. The van der Waals surface area contributed by atoms with E-state index < -0.39 is 15.7 Å². The van der Waals surface area contributed by atoms with E-state index in [1.54, 1.807) is 25.2 Å². The summed E-state index contributed by atoms with van der Waals surface area (Å²) in [6.45, 7) is 0.0279. The van der Waals surface area contributed by atoms with Crippen LogP contribution >= 0.6 is 0 Å². The van der Waals surface area contributed by atoms with E-state index in [9.17, 15) is 17.6 Å². The van der Waals surface area contributed by atoms with Crippen molar-refractivity contribution in [3.63, 3.8) is 0 Å². The number of sulfone groups is 1. The molecule has 0 radical (unpaired) electrons. The highest BCUT2D eigenvalue weighted by Gasteiger charge is 2.14. The number of aromatic nitrogens is 2. The lowest BCUT2D eigenvalue weighted by Crippen LogP contribution is -2.29. The Labute approximate surface area is 127 Å². The fourth-order valence-electron chi connectivity index (χ4n) is 1.91. The van der Waals surface area contributed by atoms with Crippen molar-refractivity contribution in [2.75, 3.05) is 18.6 Å². The second kappa shape index (κ2) is 6.27. The first-order valence-electron chi connectivity index (χ1n) is 6.52. The minimum atomic E-state index is -3.13. The molecule has 1 heterocycles. The number of aryl methyl sites for hydroxylation is 1. The minimum Gasteiger partial charge on any atom is -0.350 e. The predicted octanol–water partition coefficient (Wildman–Crippen LogP) is 1.00. The van der Waals surface area contributed by atoms with E-state index in [-0.39, 0.29) is 23.8 Å². The molecule has 1 aromatic heterocycles. The summed E-state index contributed by atoms with van der Waals surface area (Å²) in [6.07, 6.45) is 1.10. The Bertz CT molecular complexity index is 782. The lowest BCUT2D eigenvalue weighted by molar-refractivity contribution is 0.0950. The zero-order valence-corrected chi connectivity index (χ0v) is 13.0. The third-order valence-corrected chi connectivity index (χ3v) is 3.96. The number of halogens is 1. The van der Waals surface area contributed by atoms with Gasteiger partial charge in [-0.15, -0.1) is 0 Å². The first-order chi connectivity index (χ1) is 10.3. The molecule has 2 rings (SSSR count). The van der Waals surface area contributed by atoms with E-state index in [0.29, 0.717) is 5.69 Å². The summed E-state index contributed by atoms with van der Waals surface area (Å²) in [5, 5.41) is 6.59. The van der Waals surface area contributed by atoms with Crippen molar-refractivity contribution in [2.24, 2.45) is 7.05 Å². The van der Waals surface area contributed by atoms with Crippen LogP contribution in [0.5, 0.6) is 0 Å². The van der Waals surface area contributed by atoms with Crippen molar-refractivity contribution in [1.29, 1.82) is 0 Å². The zero-order valence-electron chi connectivity index (χ0n) is 12.2. The third-order valence-electron chi connectivity index (χ3n) is 3.01. The Balaban J connectivity index is 2.12. The molecule has 1 amide bonds. The van der Waals surface area contributed by atoms with E-state index in [1.807, 2.05) is 0 Å². The van der Waals surface area contributed by atoms with Crippen LogP contribution in [0.1, 0.15) is 10.5 Å². The molecular weight excluding hydrogens is 309 g/mol. The van der Waals surface area contributed by atoms with Crippen LogP contribution in [0.15, 0.2) is 30.3 Å². The summed E-state index contributed by atoms with van der Waals surface area (Å²) in [5.41, 5.74) is 1.56. The topological polar surface area (TPSA) is 81.1 Å². The summed E-state index contributed by atoms with van der Waals surface area (Å²) in [7, 11) is -1.46. The average molecular weight is 325 g/mol. The van der Waals surface area contributed by atoms with Crippen molar-refractivity contribution < 1.29 is 17.6 Å². The maximum atomic E-state index is 12.9. The number of rotatable bonds is 5. The third kappa shape index (κ3) is 4.14. The van der Waals surface area contributed by atoms with Gasteiger partial charge >= 0.3 is 0 Å². The van der Waals surface area contributed by atoms with Crippen molar-refractivity contribution in [1.82, 2.24) is 15.1 Å². The second-order valence-electron chi connectivity index (χ2n) is 4.93. The van der Waals surface area contributed by atoms with Crippen LogP contribution in [0.4, 0.5) is 4.39 Å². The molecule has 0 aliphatic rings. The summed E-state index contributed by atoms with van der Waals surface area (Å²) < 4.78 is 36.5. The molecule has 2 aromatic rings. The molecule has 1 N–H and O–H groups in total. The molecule has 0 unspecified atom stereocenters. The largest absolute Gasteiger partial charge is 0.350 e. The number of hydrogen-bond donors (Lipinski definition) is 1. The van der Waals surface area contributed by atoms with Crippen LogP contribution in [-0.4, -0.2) is 42.7 Å². The Kier molecular flexibility index (Phi) is 4.60. The number of hydrogen-bond acceptors (Lipinski definition) is 4. The van der Waals surface area contributed by atoms with Gasteiger partial charge in [0, 0.05) is 19.8 Å². The summed E-state index contributed by atoms with van der Waals surface area (Å²) in [4.78, 5) is 11.9. The van der Waals surface area contributed by atoms with Gasteiger partial charge in [-0.2, -0.15) is 5.10 Å². The molecule has 0 aliphatic heterocycles. The molecule has 0 fully saturated rings. The molecule has 0 aliphatic carbocycles. The number of carbonyl (C=O) groups excluding carboxylic acids is 1. The molecule has 118 valence electrons. The highest BCUT2D eigenvalue weighted by atomic mass is 32.2. The molecule has 0 spiro atoms. The van der Waals surface area contributed by atoms with Crippen LogP contribution in [0.25, 0.3) is 11.3 Å². The number of nitrogens with one attached hydrogen (secondary N) is 1. The Morgan fingerprint density at radius 3 is 2.55 bits per heavy atom. The number of amides is 1. The first kappa shape index (κ1) is 16.2.